The molecule has 0 aliphatic carbocycles. The Labute approximate surface area is 172 Å². The van der Waals surface area contributed by atoms with Gasteiger partial charge < -0.3 is 19.8 Å². The highest BCUT2D eigenvalue weighted by Gasteiger charge is 2.18. The average Bonchev–Trinajstić information content (AvgIpc) is 3.08. The Balaban J connectivity index is 1.50. The zero-order valence-corrected chi connectivity index (χ0v) is 17.8. The minimum absolute atomic E-state index is 0.000134. The summed E-state index contributed by atoms with van der Waals surface area (Å²) in [6.07, 6.45) is 3.98. The molecule has 0 aliphatic rings. The number of hydrogen-bond acceptors (Lipinski definition) is 4. The Morgan fingerprint density at radius 3 is 2.59 bits per heavy atom. The molecule has 2 heterocycles. The highest BCUT2D eigenvalue weighted by Crippen LogP contribution is 2.16. The maximum atomic E-state index is 12.1. The maximum absolute atomic E-state index is 12.1. The molecule has 0 bridgehead atoms. The standard InChI is InChI=1S/C23H30N4O2/c1-16-7-6-12-27-14-19(25-21(16)27)15-29-20-10-8-18(9-11-20)13-24-17(2)22(28)26-23(3,4)5/h6-12,14,17,24H,13,15H2,1-5H3,(H,26,28). The normalized spacial score (nSPS) is 12.7. The quantitative estimate of drug-likeness (QED) is 0.642. The van der Waals surface area contributed by atoms with Gasteiger partial charge in [-0.1, -0.05) is 18.2 Å². The molecule has 0 aliphatic heterocycles. The molecular weight excluding hydrogens is 364 g/mol. The largest absolute Gasteiger partial charge is 0.487 e. The van der Waals surface area contributed by atoms with Gasteiger partial charge in [0.1, 0.15) is 18.0 Å². The van der Waals surface area contributed by atoms with Crippen LogP contribution < -0.4 is 15.4 Å². The van der Waals surface area contributed by atoms with E-state index in [0.717, 1.165) is 28.2 Å². The maximum Gasteiger partial charge on any atom is 0.237 e. The third kappa shape index (κ3) is 5.81. The number of hydrogen-bond donors (Lipinski definition) is 2. The van der Waals surface area contributed by atoms with Crippen molar-refractivity contribution in [2.45, 2.75) is 59.4 Å². The third-order valence-corrected chi connectivity index (χ3v) is 4.54. The van der Waals surface area contributed by atoms with E-state index >= 15 is 0 Å². The lowest BCUT2D eigenvalue weighted by molar-refractivity contribution is -0.124. The van der Waals surface area contributed by atoms with Gasteiger partial charge in [-0.3, -0.25) is 4.79 Å². The molecule has 1 amide bonds. The first kappa shape index (κ1) is 20.9. The molecule has 1 aromatic carbocycles. The number of amides is 1. The molecule has 6 heteroatoms. The number of carbonyl (C=O) groups excluding carboxylic acids is 1. The van der Waals surface area contributed by atoms with Crippen LogP contribution in [0.3, 0.4) is 0 Å². The van der Waals surface area contributed by atoms with Gasteiger partial charge in [0.05, 0.1) is 11.7 Å². The predicted molar refractivity (Wildman–Crippen MR) is 115 cm³/mol. The fraction of sp³-hybridized carbons (Fsp3) is 0.391. The summed E-state index contributed by atoms with van der Waals surface area (Å²) in [6.45, 7) is 10.9. The topological polar surface area (TPSA) is 67.7 Å². The first-order valence-electron chi connectivity index (χ1n) is 9.91. The number of benzene rings is 1. The highest BCUT2D eigenvalue weighted by molar-refractivity contribution is 5.81. The van der Waals surface area contributed by atoms with Crippen molar-refractivity contribution in [2.24, 2.45) is 0 Å². The lowest BCUT2D eigenvalue weighted by Crippen LogP contribution is -2.49. The molecule has 6 nitrogen and oxygen atoms in total. The second-order valence-corrected chi connectivity index (χ2v) is 8.43. The first-order valence-corrected chi connectivity index (χ1v) is 9.91. The number of nitrogens with one attached hydrogen (secondary N) is 2. The summed E-state index contributed by atoms with van der Waals surface area (Å²) in [5.41, 5.74) is 3.85. The van der Waals surface area contributed by atoms with Gasteiger partial charge in [-0.2, -0.15) is 0 Å². The Kier molecular flexibility index (Phi) is 6.23. The van der Waals surface area contributed by atoms with E-state index in [9.17, 15) is 4.79 Å². The van der Waals surface area contributed by atoms with E-state index < -0.39 is 0 Å². The molecule has 1 atom stereocenters. The van der Waals surface area contributed by atoms with Crippen LogP contribution in [0.25, 0.3) is 5.65 Å². The molecular formula is C23H30N4O2. The van der Waals surface area contributed by atoms with E-state index in [4.69, 9.17) is 4.74 Å². The molecule has 0 saturated heterocycles. The fourth-order valence-electron chi connectivity index (χ4n) is 2.98. The molecule has 154 valence electrons. The fourth-order valence-corrected chi connectivity index (χ4v) is 2.98. The van der Waals surface area contributed by atoms with E-state index in [1.807, 2.05) is 87.8 Å². The Morgan fingerprint density at radius 1 is 1.21 bits per heavy atom. The Bertz CT molecular complexity index is 971. The van der Waals surface area contributed by atoms with Gasteiger partial charge in [-0.05, 0) is 63.9 Å². The summed E-state index contributed by atoms with van der Waals surface area (Å²) in [4.78, 5) is 16.8. The van der Waals surface area contributed by atoms with E-state index in [0.29, 0.717) is 13.2 Å². The van der Waals surface area contributed by atoms with Crippen LogP contribution in [-0.2, 0) is 17.9 Å². The van der Waals surface area contributed by atoms with Gasteiger partial charge >= 0.3 is 0 Å². The van der Waals surface area contributed by atoms with E-state index in [1.54, 1.807) is 0 Å². The minimum Gasteiger partial charge on any atom is -0.487 e. The van der Waals surface area contributed by atoms with Crippen LogP contribution >= 0.6 is 0 Å². The average molecular weight is 395 g/mol. The number of aromatic nitrogens is 2. The van der Waals surface area contributed by atoms with Gasteiger partial charge in [-0.15, -0.1) is 0 Å². The van der Waals surface area contributed by atoms with Crippen LogP contribution in [0.1, 0.15) is 44.5 Å². The zero-order valence-electron chi connectivity index (χ0n) is 17.8. The van der Waals surface area contributed by atoms with Crippen LogP contribution in [0.2, 0.25) is 0 Å². The highest BCUT2D eigenvalue weighted by atomic mass is 16.5. The number of imidazole rings is 1. The van der Waals surface area contributed by atoms with Crippen LogP contribution in [0.4, 0.5) is 0 Å². The number of ether oxygens (including phenoxy) is 1. The summed E-state index contributed by atoms with van der Waals surface area (Å²) < 4.78 is 7.89. The van der Waals surface area contributed by atoms with Gasteiger partial charge in [-0.25, -0.2) is 4.98 Å². The molecule has 0 saturated carbocycles. The van der Waals surface area contributed by atoms with Gasteiger partial charge in [0.2, 0.25) is 5.91 Å². The van der Waals surface area contributed by atoms with Crippen molar-refractivity contribution in [2.75, 3.05) is 0 Å². The van der Waals surface area contributed by atoms with Gasteiger partial charge in [0, 0.05) is 24.5 Å². The van der Waals surface area contributed by atoms with Crippen molar-refractivity contribution < 1.29 is 9.53 Å². The van der Waals surface area contributed by atoms with Crippen molar-refractivity contribution in [3.05, 3.63) is 65.6 Å². The van der Waals surface area contributed by atoms with Crippen molar-refractivity contribution in [3.63, 3.8) is 0 Å². The monoisotopic (exact) mass is 394 g/mol. The summed E-state index contributed by atoms with van der Waals surface area (Å²) in [5, 5.41) is 6.23. The number of carbonyl (C=O) groups is 1. The second kappa shape index (κ2) is 8.66. The number of fused-ring (bicyclic) bond motifs is 1. The van der Waals surface area contributed by atoms with Gasteiger partial charge in [0.15, 0.2) is 0 Å². The van der Waals surface area contributed by atoms with E-state index in [1.165, 1.54) is 0 Å². The van der Waals surface area contributed by atoms with Crippen LogP contribution in [0, 0.1) is 6.92 Å². The SMILES string of the molecule is Cc1cccn2cc(COc3ccc(CNC(C)C(=O)NC(C)(C)C)cc3)nc12. The second-order valence-electron chi connectivity index (χ2n) is 8.43. The molecule has 2 aromatic heterocycles. The molecule has 0 spiro atoms. The predicted octanol–water partition coefficient (Wildman–Crippen LogP) is 3.61. The van der Waals surface area contributed by atoms with E-state index in [-0.39, 0.29) is 17.5 Å². The molecule has 3 aromatic rings. The van der Waals surface area contributed by atoms with Crippen molar-refractivity contribution in [3.8, 4) is 5.75 Å². The number of aryl methyl sites for hydroxylation is 1. The van der Waals surface area contributed by atoms with Crippen molar-refractivity contribution >= 4 is 11.6 Å². The Morgan fingerprint density at radius 2 is 1.93 bits per heavy atom. The molecule has 1 unspecified atom stereocenters. The summed E-state index contributed by atoms with van der Waals surface area (Å²) >= 11 is 0. The lowest BCUT2D eigenvalue weighted by atomic mass is 10.1. The Hall–Kier alpha value is -2.86. The van der Waals surface area contributed by atoms with Crippen molar-refractivity contribution in [1.29, 1.82) is 0 Å². The summed E-state index contributed by atoms with van der Waals surface area (Å²) in [7, 11) is 0. The molecule has 0 radical (unpaired) electrons. The molecule has 0 fully saturated rings. The molecule has 2 N–H and O–H groups in total. The first-order chi connectivity index (χ1) is 13.7. The zero-order chi connectivity index (χ0) is 21.0. The third-order valence-electron chi connectivity index (χ3n) is 4.54. The van der Waals surface area contributed by atoms with Gasteiger partial charge in [0.25, 0.3) is 0 Å². The van der Waals surface area contributed by atoms with Crippen molar-refractivity contribution in [1.82, 2.24) is 20.0 Å². The summed E-state index contributed by atoms with van der Waals surface area (Å²) in [6, 6.07) is 11.7. The van der Waals surface area contributed by atoms with E-state index in [2.05, 4.69) is 15.6 Å². The number of rotatable bonds is 7. The number of nitrogens with zero attached hydrogens (tertiary/aromatic N) is 2. The lowest BCUT2D eigenvalue weighted by Gasteiger charge is -2.23. The van der Waals surface area contributed by atoms with Crippen LogP contribution in [0.5, 0.6) is 5.75 Å². The van der Waals surface area contributed by atoms with Crippen LogP contribution in [0.15, 0.2) is 48.8 Å². The number of pyridine rings is 1. The molecule has 3 rings (SSSR count). The minimum atomic E-state index is -0.261. The van der Waals surface area contributed by atoms with Crippen LogP contribution in [-0.4, -0.2) is 26.9 Å². The molecule has 29 heavy (non-hydrogen) atoms. The summed E-state index contributed by atoms with van der Waals surface area (Å²) in [5.74, 6) is 0.793. The smallest absolute Gasteiger partial charge is 0.237 e.